The fourth-order valence-corrected chi connectivity index (χ4v) is 2.95. The Balaban J connectivity index is 1.22. The summed E-state index contributed by atoms with van der Waals surface area (Å²) in [5.74, 6) is 1.58. The first-order valence-corrected chi connectivity index (χ1v) is 10.2. The van der Waals surface area contributed by atoms with Crippen molar-refractivity contribution in [3.05, 3.63) is 89.7 Å². The minimum absolute atomic E-state index is 0.258. The van der Waals surface area contributed by atoms with Crippen LogP contribution in [0.2, 0.25) is 0 Å². The molecule has 4 rings (SSSR count). The molecule has 7 nitrogen and oxygen atoms in total. The summed E-state index contributed by atoms with van der Waals surface area (Å²) in [5, 5.41) is 7.68. The maximum absolute atomic E-state index is 13.9. The Kier molecular flexibility index (Phi) is 6.91. The van der Waals surface area contributed by atoms with Crippen LogP contribution in [-0.2, 0) is 13.2 Å². The smallest absolute Gasteiger partial charge is 0.218 e. The molecule has 8 heteroatoms. The van der Waals surface area contributed by atoms with Crippen molar-refractivity contribution in [1.82, 2.24) is 20.0 Å². The van der Waals surface area contributed by atoms with Gasteiger partial charge in [0.15, 0.2) is 0 Å². The molecule has 32 heavy (non-hydrogen) atoms. The van der Waals surface area contributed by atoms with Crippen molar-refractivity contribution in [2.75, 3.05) is 6.61 Å². The molecule has 0 atom stereocenters. The van der Waals surface area contributed by atoms with Crippen LogP contribution in [0.5, 0.6) is 11.5 Å². The highest BCUT2D eigenvalue weighted by molar-refractivity contribution is 5.66. The van der Waals surface area contributed by atoms with Crippen molar-refractivity contribution in [2.45, 2.75) is 26.5 Å². The van der Waals surface area contributed by atoms with Gasteiger partial charge in [-0.1, -0.05) is 17.3 Å². The zero-order valence-electron chi connectivity index (χ0n) is 17.6. The lowest BCUT2D eigenvalue weighted by molar-refractivity contribution is 0.291. The van der Waals surface area contributed by atoms with Gasteiger partial charge in [0.2, 0.25) is 5.89 Å². The lowest BCUT2D eigenvalue weighted by Gasteiger charge is -2.08. The molecule has 0 fully saturated rings. The summed E-state index contributed by atoms with van der Waals surface area (Å²) in [6.45, 7) is 3.45. The van der Waals surface area contributed by atoms with Crippen LogP contribution in [0.3, 0.4) is 0 Å². The van der Waals surface area contributed by atoms with Crippen LogP contribution >= 0.6 is 0 Å². The van der Waals surface area contributed by atoms with Gasteiger partial charge in [0, 0.05) is 30.8 Å². The Labute approximate surface area is 185 Å². The molecule has 0 bridgehead atoms. The summed E-state index contributed by atoms with van der Waals surface area (Å²) in [6, 6.07) is 12.5. The van der Waals surface area contributed by atoms with Crippen molar-refractivity contribution in [1.29, 1.82) is 0 Å². The van der Waals surface area contributed by atoms with Crippen LogP contribution in [-0.4, -0.2) is 26.6 Å². The summed E-state index contributed by atoms with van der Waals surface area (Å²) in [5.41, 5.74) is 1.99. The van der Waals surface area contributed by atoms with Gasteiger partial charge in [-0.3, -0.25) is 4.68 Å². The minimum atomic E-state index is -0.279. The average molecular weight is 434 g/mol. The van der Waals surface area contributed by atoms with E-state index >= 15 is 0 Å². The number of hydrogen-bond acceptors (Lipinski definition) is 6. The van der Waals surface area contributed by atoms with Gasteiger partial charge in [0.25, 0.3) is 0 Å². The highest BCUT2D eigenvalue weighted by Gasteiger charge is 2.04. The quantitative estimate of drug-likeness (QED) is 0.330. The number of aryl methyl sites for hydroxylation is 2. The van der Waals surface area contributed by atoms with Crippen molar-refractivity contribution in [2.24, 2.45) is 0 Å². The molecule has 0 radical (unpaired) electrons. The number of ether oxygens (including phenoxy) is 2. The van der Waals surface area contributed by atoms with E-state index in [2.05, 4.69) is 15.3 Å². The lowest BCUT2D eigenvalue weighted by atomic mass is 10.1. The zero-order valence-corrected chi connectivity index (χ0v) is 17.6. The SMILES string of the molecule is Cc1ccc(/C=C/c2nc(COc3ccc(OCCCn4ccnn4)cc3)co2)c(F)c1. The standard InChI is InChI=1S/C24H23FN4O3/c1-18-3-4-19(23(25)15-18)5-10-24-27-20(17-32-24)16-31-22-8-6-21(7-9-22)30-14-2-12-29-13-11-26-28-29/h3-11,13,15,17H,2,12,14,16H2,1H3/b10-5+. The van der Waals surface area contributed by atoms with E-state index in [1.165, 1.54) is 12.3 Å². The van der Waals surface area contributed by atoms with Gasteiger partial charge in [-0.15, -0.1) is 5.10 Å². The highest BCUT2D eigenvalue weighted by Crippen LogP contribution is 2.19. The third-order valence-electron chi connectivity index (χ3n) is 4.61. The molecule has 0 saturated heterocycles. The molecule has 164 valence electrons. The molecule has 0 aliphatic heterocycles. The van der Waals surface area contributed by atoms with Crippen molar-refractivity contribution >= 4 is 12.2 Å². The maximum Gasteiger partial charge on any atom is 0.218 e. The summed E-state index contributed by atoms with van der Waals surface area (Å²) in [7, 11) is 0. The predicted molar refractivity (Wildman–Crippen MR) is 117 cm³/mol. The molecule has 0 N–H and O–H groups in total. The van der Waals surface area contributed by atoms with Gasteiger partial charge in [-0.05, 0) is 48.9 Å². The fraction of sp³-hybridized carbons (Fsp3) is 0.208. The normalized spacial score (nSPS) is 11.2. The van der Waals surface area contributed by atoms with Gasteiger partial charge >= 0.3 is 0 Å². The average Bonchev–Trinajstić information content (AvgIpc) is 3.48. The van der Waals surface area contributed by atoms with Crippen LogP contribution in [0.15, 0.2) is 65.5 Å². The third kappa shape index (κ3) is 6.04. The maximum atomic E-state index is 13.9. The molecule has 0 amide bonds. The van der Waals surface area contributed by atoms with Gasteiger partial charge in [-0.25, -0.2) is 9.37 Å². The van der Waals surface area contributed by atoms with Crippen LogP contribution < -0.4 is 9.47 Å². The van der Waals surface area contributed by atoms with E-state index in [0.29, 0.717) is 29.5 Å². The Morgan fingerprint density at radius 3 is 2.62 bits per heavy atom. The molecule has 0 saturated carbocycles. The summed E-state index contributed by atoms with van der Waals surface area (Å²) in [6.07, 6.45) is 9.11. The second-order valence-electron chi connectivity index (χ2n) is 7.16. The van der Waals surface area contributed by atoms with E-state index < -0.39 is 0 Å². The Morgan fingerprint density at radius 1 is 1.06 bits per heavy atom. The van der Waals surface area contributed by atoms with E-state index in [4.69, 9.17) is 13.9 Å². The molecule has 2 heterocycles. The molecule has 2 aromatic heterocycles. The number of nitrogens with zero attached hydrogens (tertiary/aromatic N) is 4. The van der Waals surface area contributed by atoms with Crippen LogP contribution in [0.1, 0.15) is 29.1 Å². The number of oxazole rings is 1. The predicted octanol–water partition coefficient (Wildman–Crippen LogP) is 4.93. The van der Waals surface area contributed by atoms with E-state index in [9.17, 15) is 4.39 Å². The molecule has 4 aromatic rings. The molecular weight excluding hydrogens is 411 g/mol. The molecular formula is C24H23FN4O3. The van der Waals surface area contributed by atoms with Gasteiger partial charge in [-0.2, -0.15) is 0 Å². The van der Waals surface area contributed by atoms with Crippen LogP contribution in [0.4, 0.5) is 4.39 Å². The van der Waals surface area contributed by atoms with Crippen molar-refractivity contribution < 1.29 is 18.3 Å². The number of aromatic nitrogens is 4. The van der Waals surface area contributed by atoms with Crippen molar-refractivity contribution in [3.63, 3.8) is 0 Å². The monoisotopic (exact) mass is 434 g/mol. The molecule has 0 aliphatic carbocycles. The zero-order chi connectivity index (χ0) is 22.2. The lowest BCUT2D eigenvalue weighted by Crippen LogP contribution is -2.05. The Bertz CT molecular complexity index is 1150. The van der Waals surface area contributed by atoms with E-state index in [1.807, 2.05) is 43.5 Å². The number of hydrogen-bond donors (Lipinski definition) is 0. The molecule has 2 aromatic carbocycles. The summed E-state index contributed by atoms with van der Waals surface area (Å²) < 4.78 is 32.6. The fourth-order valence-electron chi connectivity index (χ4n) is 2.95. The van der Waals surface area contributed by atoms with Crippen molar-refractivity contribution in [3.8, 4) is 11.5 Å². The first-order valence-electron chi connectivity index (χ1n) is 10.2. The van der Waals surface area contributed by atoms with E-state index in [-0.39, 0.29) is 12.4 Å². The first-order chi connectivity index (χ1) is 15.7. The van der Waals surface area contributed by atoms with Gasteiger partial charge in [0.05, 0.1) is 12.8 Å². The molecule has 0 aliphatic rings. The Hall–Kier alpha value is -3.94. The van der Waals surface area contributed by atoms with E-state index in [0.717, 1.165) is 24.3 Å². The second kappa shape index (κ2) is 10.4. The minimum Gasteiger partial charge on any atom is -0.494 e. The Morgan fingerprint density at radius 2 is 1.88 bits per heavy atom. The van der Waals surface area contributed by atoms with Crippen LogP contribution in [0, 0.1) is 12.7 Å². The van der Waals surface area contributed by atoms with Gasteiger partial charge in [0.1, 0.15) is 35.9 Å². The number of halogens is 1. The van der Waals surface area contributed by atoms with Gasteiger partial charge < -0.3 is 13.9 Å². The molecule has 0 unspecified atom stereocenters. The number of benzene rings is 2. The summed E-state index contributed by atoms with van der Waals surface area (Å²) in [4.78, 5) is 4.34. The largest absolute Gasteiger partial charge is 0.494 e. The van der Waals surface area contributed by atoms with Crippen LogP contribution in [0.25, 0.3) is 12.2 Å². The van der Waals surface area contributed by atoms with E-state index in [1.54, 1.807) is 29.1 Å². The highest BCUT2D eigenvalue weighted by atomic mass is 19.1. The number of rotatable bonds is 10. The first kappa shape index (κ1) is 21.3. The molecule has 0 spiro atoms. The third-order valence-corrected chi connectivity index (χ3v) is 4.61. The summed E-state index contributed by atoms with van der Waals surface area (Å²) >= 11 is 0. The topological polar surface area (TPSA) is 75.2 Å². The second-order valence-corrected chi connectivity index (χ2v) is 7.16.